The average Bonchev–Trinajstić information content (AvgIpc) is 2.50. The molecule has 2 aromatic rings. The Hall–Kier alpha value is -2.32. The van der Waals surface area contributed by atoms with E-state index in [-0.39, 0.29) is 10.6 Å². The van der Waals surface area contributed by atoms with Gasteiger partial charge in [-0.05, 0) is 31.2 Å². The van der Waals surface area contributed by atoms with Crippen molar-refractivity contribution in [3.05, 3.63) is 60.2 Å². The van der Waals surface area contributed by atoms with E-state index < -0.39 is 33.6 Å². The van der Waals surface area contributed by atoms with Crippen molar-refractivity contribution in [1.82, 2.24) is 4.72 Å². The first kappa shape index (κ1) is 17.0. The fraction of sp³-hybridized carbons (Fsp3) is 0.133. The molecule has 1 unspecified atom stereocenters. The van der Waals surface area contributed by atoms with Gasteiger partial charge in [0, 0.05) is 6.07 Å². The van der Waals surface area contributed by atoms with Crippen LogP contribution in [0, 0.1) is 11.6 Å². The molecule has 0 aliphatic heterocycles. The zero-order valence-corrected chi connectivity index (χ0v) is 12.9. The highest BCUT2D eigenvalue weighted by Crippen LogP contribution is 2.15. The summed E-state index contributed by atoms with van der Waals surface area (Å²) in [4.78, 5) is 12.0. The molecule has 1 amide bonds. The van der Waals surface area contributed by atoms with Crippen molar-refractivity contribution in [3.63, 3.8) is 0 Å². The molecule has 0 saturated carbocycles. The van der Waals surface area contributed by atoms with Crippen LogP contribution in [0.25, 0.3) is 0 Å². The highest BCUT2D eigenvalue weighted by Gasteiger charge is 2.22. The number of rotatable bonds is 5. The standard InChI is InChI=1S/C15H14F2N2O3S/c1-10(19-23(21,22)12-5-3-2-4-6-12)15(20)18-14-8-7-11(16)9-13(14)17/h2-10,19H,1H3,(H,18,20). The van der Waals surface area contributed by atoms with Crippen molar-refractivity contribution < 1.29 is 22.0 Å². The molecular weight excluding hydrogens is 326 g/mol. The van der Waals surface area contributed by atoms with Gasteiger partial charge >= 0.3 is 0 Å². The van der Waals surface area contributed by atoms with Crippen LogP contribution in [0.2, 0.25) is 0 Å². The molecule has 0 heterocycles. The minimum atomic E-state index is -3.88. The lowest BCUT2D eigenvalue weighted by molar-refractivity contribution is -0.117. The van der Waals surface area contributed by atoms with Crippen LogP contribution in [0.4, 0.5) is 14.5 Å². The fourth-order valence-electron chi connectivity index (χ4n) is 1.79. The van der Waals surface area contributed by atoms with Crippen LogP contribution in [0.15, 0.2) is 53.4 Å². The zero-order valence-electron chi connectivity index (χ0n) is 12.1. The van der Waals surface area contributed by atoms with Crippen molar-refractivity contribution in [1.29, 1.82) is 0 Å². The summed E-state index contributed by atoms with van der Waals surface area (Å²) >= 11 is 0. The Morgan fingerprint density at radius 1 is 1.09 bits per heavy atom. The number of anilines is 1. The van der Waals surface area contributed by atoms with E-state index in [0.29, 0.717) is 6.07 Å². The van der Waals surface area contributed by atoms with Gasteiger partial charge in [-0.2, -0.15) is 4.72 Å². The maximum absolute atomic E-state index is 13.5. The molecule has 23 heavy (non-hydrogen) atoms. The van der Waals surface area contributed by atoms with E-state index in [9.17, 15) is 22.0 Å². The van der Waals surface area contributed by atoms with Crippen molar-refractivity contribution in [2.75, 3.05) is 5.32 Å². The van der Waals surface area contributed by atoms with E-state index in [1.165, 1.54) is 19.1 Å². The van der Waals surface area contributed by atoms with Crippen LogP contribution < -0.4 is 10.0 Å². The number of halogens is 2. The van der Waals surface area contributed by atoms with Gasteiger partial charge in [0.25, 0.3) is 0 Å². The van der Waals surface area contributed by atoms with Crippen LogP contribution in [0.1, 0.15) is 6.92 Å². The maximum Gasteiger partial charge on any atom is 0.242 e. The predicted molar refractivity (Wildman–Crippen MR) is 81.2 cm³/mol. The van der Waals surface area contributed by atoms with E-state index in [4.69, 9.17) is 0 Å². The lowest BCUT2D eigenvalue weighted by Gasteiger charge is -2.14. The number of benzene rings is 2. The highest BCUT2D eigenvalue weighted by atomic mass is 32.2. The molecular formula is C15H14F2N2O3S. The topological polar surface area (TPSA) is 75.3 Å². The maximum atomic E-state index is 13.5. The lowest BCUT2D eigenvalue weighted by atomic mass is 10.2. The van der Waals surface area contributed by atoms with Crippen LogP contribution in [0.3, 0.4) is 0 Å². The van der Waals surface area contributed by atoms with Crippen molar-refractivity contribution >= 4 is 21.6 Å². The van der Waals surface area contributed by atoms with Crippen molar-refractivity contribution in [2.24, 2.45) is 0 Å². The Morgan fingerprint density at radius 3 is 2.35 bits per heavy atom. The second-order valence-corrected chi connectivity index (χ2v) is 6.48. The van der Waals surface area contributed by atoms with Gasteiger partial charge in [-0.3, -0.25) is 4.79 Å². The SMILES string of the molecule is CC(NS(=O)(=O)c1ccccc1)C(=O)Nc1ccc(F)cc1F. The lowest BCUT2D eigenvalue weighted by Crippen LogP contribution is -2.41. The summed E-state index contributed by atoms with van der Waals surface area (Å²) < 4.78 is 52.7. The van der Waals surface area contributed by atoms with Crippen LogP contribution in [0.5, 0.6) is 0 Å². The first-order valence-electron chi connectivity index (χ1n) is 6.63. The van der Waals surface area contributed by atoms with Crippen molar-refractivity contribution in [2.45, 2.75) is 17.9 Å². The first-order chi connectivity index (χ1) is 10.8. The largest absolute Gasteiger partial charge is 0.322 e. The normalized spacial score (nSPS) is 12.7. The van der Waals surface area contributed by atoms with Gasteiger partial charge in [0.15, 0.2) is 0 Å². The summed E-state index contributed by atoms with van der Waals surface area (Å²) in [7, 11) is -3.88. The third-order valence-electron chi connectivity index (χ3n) is 2.97. The summed E-state index contributed by atoms with van der Waals surface area (Å²) in [6, 6.07) is 9.03. The molecule has 0 radical (unpaired) electrons. The van der Waals surface area contributed by atoms with Gasteiger partial charge in [-0.15, -0.1) is 0 Å². The van der Waals surface area contributed by atoms with E-state index in [2.05, 4.69) is 10.0 Å². The molecule has 2 rings (SSSR count). The third kappa shape index (κ3) is 4.33. The Balaban J connectivity index is 2.08. The number of amides is 1. The Labute approximate surface area is 132 Å². The number of carbonyl (C=O) groups is 1. The summed E-state index contributed by atoms with van der Waals surface area (Å²) in [5.74, 6) is -2.50. The monoisotopic (exact) mass is 340 g/mol. The average molecular weight is 340 g/mol. The summed E-state index contributed by atoms with van der Waals surface area (Å²) in [6.07, 6.45) is 0. The van der Waals surface area contributed by atoms with Gasteiger partial charge in [-0.25, -0.2) is 17.2 Å². The van der Waals surface area contributed by atoms with Gasteiger partial charge in [0.2, 0.25) is 15.9 Å². The zero-order chi connectivity index (χ0) is 17.0. The van der Waals surface area contributed by atoms with Gasteiger partial charge in [0.1, 0.15) is 11.6 Å². The molecule has 0 fully saturated rings. The Kier molecular flexibility index (Phi) is 5.07. The Bertz CT molecular complexity index is 811. The summed E-state index contributed by atoms with van der Waals surface area (Å²) in [5.41, 5.74) is -0.234. The minimum Gasteiger partial charge on any atom is -0.322 e. The number of hydrogen-bond acceptors (Lipinski definition) is 3. The molecule has 5 nitrogen and oxygen atoms in total. The van der Waals surface area contributed by atoms with Crippen LogP contribution in [-0.2, 0) is 14.8 Å². The second-order valence-electron chi connectivity index (χ2n) is 4.77. The molecule has 0 aliphatic rings. The molecule has 0 saturated heterocycles. The number of carbonyl (C=O) groups excluding carboxylic acids is 1. The first-order valence-corrected chi connectivity index (χ1v) is 8.11. The molecule has 0 aliphatic carbocycles. The Morgan fingerprint density at radius 2 is 1.74 bits per heavy atom. The molecule has 2 N–H and O–H groups in total. The van der Waals surface area contributed by atoms with Crippen molar-refractivity contribution in [3.8, 4) is 0 Å². The van der Waals surface area contributed by atoms with Gasteiger partial charge < -0.3 is 5.32 Å². The molecule has 0 spiro atoms. The quantitative estimate of drug-likeness (QED) is 0.877. The minimum absolute atomic E-state index is 0.00705. The van der Waals surface area contributed by atoms with E-state index in [0.717, 1.165) is 12.1 Å². The third-order valence-corrected chi connectivity index (χ3v) is 4.52. The second kappa shape index (κ2) is 6.84. The summed E-state index contributed by atoms with van der Waals surface area (Å²) in [5, 5.41) is 2.20. The number of hydrogen-bond donors (Lipinski definition) is 2. The van der Waals surface area contributed by atoms with E-state index in [1.54, 1.807) is 18.2 Å². The fourth-order valence-corrected chi connectivity index (χ4v) is 3.01. The molecule has 2 aromatic carbocycles. The molecule has 0 aromatic heterocycles. The van der Waals surface area contributed by atoms with E-state index >= 15 is 0 Å². The van der Waals surface area contributed by atoms with Gasteiger partial charge in [-0.1, -0.05) is 18.2 Å². The summed E-state index contributed by atoms with van der Waals surface area (Å²) in [6.45, 7) is 1.32. The molecule has 0 bridgehead atoms. The molecule has 122 valence electrons. The van der Waals surface area contributed by atoms with E-state index in [1.807, 2.05) is 0 Å². The smallest absolute Gasteiger partial charge is 0.242 e. The van der Waals surface area contributed by atoms with Crippen LogP contribution in [-0.4, -0.2) is 20.4 Å². The predicted octanol–water partition coefficient (Wildman–Crippen LogP) is 2.27. The van der Waals surface area contributed by atoms with Crippen LogP contribution >= 0.6 is 0 Å². The molecule has 8 heteroatoms. The number of nitrogens with one attached hydrogen (secondary N) is 2. The highest BCUT2D eigenvalue weighted by molar-refractivity contribution is 7.89. The molecule has 1 atom stereocenters. The van der Waals surface area contributed by atoms with Gasteiger partial charge in [0.05, 0.1) is 16.6 Å². The number of sulfonamides is 1.